The van der Waals surface area contributed by atoms with Crippen LogP contribution in [0.1, 0.15) is 12.8 Å². The summed E-state index contributed by atoms with van der Waals surface area (Å²) < 4.78 is 1.12. The van der Waals surface area contributed by atoms with Crippen molar-refractivity contribution >= 4 is 40.1 Å². The molecule has 22 heavy (non-hydrogen) atoms. The Bertz CT molecular complexity index is 531. The molecule has 2 amide bonds. The Morgan fingerprint density at radius 2 is 2.05 bits per heavy atom. The highest BCUT2D eigenvalue weighted by Gasteiger charge is 2.33. The van der Waals surface area contributed by atoms with E-state index in [-0.39, 0.29) is 17.7 Å². The maximum atomic E-state index is 12.3. The van der Waals surface area contributed by atoms with Crippen LogP contribution in [-0.2, 0) is 9.59 Å². The zero-order chi connectivity index (χ0) is 16.1. The first kappa shape index (κ1) is 17.2. The minimum Gasteiger partial charge on any atom is -0.342 e. The Morgan fingerprint density at radius 3 is 2.68 bits per heavy atom. The molecule has 1 atom stereocenters. The number of anilines is 1. The van der Waals surface area contributed by atoms with Gasteiger partial charge in [0.1, 0.15) is 0 Å². The van der Waals surface area contributed by atoms with Crippen LogP contribution in [0.5, 0.6) is 0 Å². The summed E-state index contributed by atoms with van der Waals surface area (Å²) in [5.74, 6) is -0.225. The number of rotatable bonds is 6. The molecule has 1 aliphatic rings. The smallest absolute Gasteiger partial charge is 0.229 e. The fraction of sp³-hybridized carbons (Fsp3) is 0.500. The Kier molecular flexibility index (Phi) is 6.19. The molecule has 1 unspecified atom stereocenters. The van der Waals surface area contributed by atoms with Gasteiger partial charge in [0, 0.05) is 28.8 Å². The number of carbonyl (C=O) groups excluding carboxylic acids is 2. The predicted molar refractivity (Wildman–Crippen MR) is 95.6 cm³/mol. The zero-order valence-corrected chi connectivity index (χ0v) is 15.2. The van der Waals surface area contributed by atoms with Crippen molar-refractivity contribution in [3.05, 3.63) is 27.8 Å². The highest BCUT2D eigenvalue weighted by atomic mass is 127. The molecule has 0 spiro atoms. The molecule has 2 rings (SSSR count). The van der Waals surface area contributed by atoms with E-state index >= 15 is 0 Å². The van der Waals surface area contributed by atoms with Gasteiger partial charge in [0.25, 0.3) is 0 Å². The van der Waals surface area contributed by atoms with Gasteiger partial charge in [-0.1, -0.05) is 0 Å². The number of likely N-dealkylation sites (tertiary alicyclic amines) is 1. The van der Waals surface area contributed by atoms with Gasteiger partial charge in [-0.25, -0.2) is 0 Å². The van der Waals surface area contributed by atoms with Crippen LogP contribution in [0.25, 0.3) is 0 Å². The van der Waals surface area contributed by atoms with Crippen LogP contribution < -0.4 is 5.32 Å². The molecule has 1 aliphatic heterocycles. The number of benzene rings is 1. The lowest BCUT2D eigenvalue weighted by atomic mass is 10.1. The highest BCUT2D eigenvalue weighted by molar-refractivity contribution is 14.1. The summed E-state index contributed by atoms with van der Waals surface area (Å²) in [6.45, 7) is 2.20. The van der Waals surface area contributed by atoms with E-state index in [2.05, 4.69) is 32.8 Å². The van der Waals surface area contributed by atoms with Crippen molar-refractivity contribution in [1.29, 1.82) is 0 Å². The molecule has 1 fully saturated rings. The van der Waals surface area contributed by atoms with Crippen molar-refractivity contribution < 1.29 is 9.59 Å². The lowest BCUT2D eigenvalue weighted by molar-refractivity contribution is -0.128. The molecule has 0 saturated carbocycles. The van der Waals surface area contributed by atoms with Gasteiger partial charge in [-0.2, -0.15) is 0 Å². The molecule has 0 bridgehead atoms. The molecule has 120 valence electrons. The lowest BCUT2D eigenvalue weighted by Gasteiger charge is -2.18. The number of hydrogen-bond acceptors (Lipinski definition) is 3. The summed E-state index contributed by atoms with van der Waals surface area (Å²) >= 11 is 2.22. The average Bonchev–Trinajstić information content (AvgIpc) is 2.83. The van der Waals surface area contributed by atoms with E-state index in [4.69, 9.17) is 0 Å². The molecule has 1 N–H and O–H groups in total. The molecule has 1 heterocycles. The third-order valence-corrected chi connectivity index (χ3v) is 4.45. The second kappa shape index (κ2) is 7.92. The van der Waals surface area contributed by atoms with Crippen molar-refractivity contribution in [2.75, 3.05) is 39.0 Å². The van der Waals surface area contributed by atoms with E-state index in [1.165, 1.54) is 0 Å². The molecule has 6 heteroatoms. The van der Waals surface area contributed by atoms with Crippen LogP contribution in [-0.4, -0.2) is 55.3 Å². The standard InChI is InChI=1S/C16H22IN3O2/c1-19(2)8-3-9-20-11-12(10-15(20)21)16(22)18-14-6-4-13(17)5-7-14/h4-7,12H,3,8-11H2,1-2H3,(H,18,22). The molecule has 0 aliphatic carbocycles. The number of halogens is 1. The van der Waals surface area contributed by atoms with Gasteiger partial charge in [0.2, 0.25) is 11.8 Å². The Morgan fingerprint density at radius 1 is 1.36 bits per heavy atom. The first-order valence-corrected chi connectivity index (χ1v) is 8.52. The molecule has 1 saturated heterocycles. The Labute approximate surface area is 145 Å². The van der Waals surface area contributed by atoms with Crippen molar-refractivity contribution in [3.63, 3.8) is 0 Å². The van der Waals surface area contributed by atoms with E-state index in [9.17, 15) is 9.59 Å². The van der Waals surface area contributed by atoms with Crippen LogP contribution in [0.3, 0.4) is 0 Å². The van der Waals surface area contributed by atoms with E-state index < -0.39 is 0 Å². The van der Waals surface area contributed by atoms with E-state index in [1.54, 1.807) is 0 Å². The van der Waals surface area contributed by atoms with Gasteiger partial charge in [0.15, 0.2) is 0 Å². The molecule has 1 aromatic carbocycles. The second-order valence-electron chi connectivity index (χ2n) is 5.89. The first-order chi connectivity index (χ1) is 10.5. The number of nitrogens with one attached hydrogen (secondary N) is 1. The third kappa shape index (κ3) is 4.95. The van der Waals surface area contributed by atoms with Crippen molar-refractivity contribution in [2.45, 2.75) is 12.8 Å². The van der Waals surface area contributed by atoms with Crippen LogP contribution in [0.4, 0.5) is 5.69 Å². The summed E-state index contributed by atoms with van der Waals surface area (Å²) in [6.07, 6.45) is 1.25. The van der Waals surface area contributed by atoms with Gasteiger partial charge < -0.3 is 15.1 Å². The fourth-order valence-corrected chi connectivity index (χ4v) is 2.88. The summed E-state index contributed by atoms with van der Waals surface area (Å²) in [7, 11) is 4.03. The predicted octanol–water partition coefficient (Wildman–Crippen LogP) is 2.03. The summed E-state index contributed by atoms with van der Waals surface area (Å²) in [5, 5.41) is 2.90. The molecular weight excluding hydrogens is 393 g/mol. The van der Waals surface area contributed by atoms with E-state index in [0.29, 0.717) is 13.0 Å². The number of hydrogen-bond donors (Lipinski definition) is 1. The largest absolute Gasteiger partial charge is 0.342 e. The van der Waals surface area contributed by atoms with Crippen molar-refractivity contribution in [3.8, 4) is 0 Å². The monoisotopic (exact) mass is 415 g/mol. The number of carbonyl (C=O) groups is 2. The summed E-state index contributed by atoms with van der Waals surface area (Å²) in [4.78, 5) is 28.2. The quantitative estimate of drug-likeness (QED) is 0.724. The summed E-state index contributed by atoms with van der Waals surface area (Å²) in [6, 6.07) is 7.66. The van der Waals surface area contributed by atoms with Crippen LogP contribution in [0.2, 0.25) is 0 Å². The zero-order valence-electron chi connectivity index (χ0n) is 13.0. The van der Waals surface area contributed by atoms with E-state index in [1.807, 2.05) is 43.3 Å². The number of nitrogens with zero attached hydrogens (tertiary/aromatic N) is 2. The Hall–Kier alpha value is -1.15. The van der Waals surface area contributed by atoms with Gasteiger partial charge in [-0.15, -0.1) is 0 Å². The van der Waals surface area contributed by atoms with Crippen LogP contribution in [0, 0.1) is 9.49 Å². The van der Waals surface area contributed by atoms with Gasteiger partial charge in [0.05, 0.1) is 5.92 Å². The normalized spacial score (nSPS) is 18.1. The average molecular weight is 415 g/mol. The van der Waals surface area contributed by atoms with Gasteiger partial charge in [-0.05, 0) is 73.9 Å². The lowest BCUT2D eigenvalue weighted by Crippen LogP contribution is -2.30. The SMILES string of the molecule is CN(C)CCCN1CC(C(=O)Nc2ccc(I)cc2)CC1=O. The molecule has 1 aromatic rings. The topological polar surface area (TPSA) is 52.6 Å². The minimum absolute atomic E-state index is 0.0651. The minimum atomic E-state index is -0.244. The van der Waals surface area contributed by atoms with Gasteiger partial charge in [-0.3, -0.25) is 9.59 Å². The van der Waals surface area contributed by atoms with Crippen LogP contribution in [0.15, 0.2) is 24.3 Å². The highest BCUT2D eigenvalue weighted by Crippen LogP contribution is 2.20. The second-order valence-corrected chi connectivity index (χ2v) is 7.14. The summed E-state index contributed by atoms with van der Waals surface area (Å²) in [5.41, 5.74) is 0.781. The van der Waals surface area contributed by atoms with Crippen molar-refractivity contribution in [1.82, 2.24) is 9.80 Å². The van der Waals surface area contributed by atoms with Crippen LogP contribution >= 0.6 is 22.6 Å². The van der Waals surface area contributed by atoms with Gasteiger partial charge >= 0.3 is 0 Å². The first-order valence-electron chi connectivity index (χ1n) is 7.44. The molecule has 0 aromatic heterocycles. The number of amides is 2. The van der Waals surface area contributed by atoms with Crippen molar-refractivity contribution in [2.24, 2.45) is 5.92 Å². The Balaban J connectivity index is 1.84. The maximum Gasteiger partial charge on any atom is 0.229 e. The third-order valence-electron chi connectivity index (χ3n) is 3.73. The molecule has 0 radical (unpaired) electrons. The fourth-order valence-electron chi connectivity index (χ4n) is 2.52. The maximum absolute atomic E-state index is 12.3. The molecular formula is C16H22IN3O2. The molecule has 5 nitrogen and oxygen atoms in total. The van der Waals surface area contributed by atoms with E-state index in [0.717, 1.165) is 28.8 Å².